The highest BCUT2D eigenvalue weighted by atomic mass is 16.3. The number of aldehydes is 2. The Bertz CT molecular complexity index is 545. The summed E-state index contributed by atoms with van der Waals surface area (Å²) >= 11 is 0. The molecule has 1 unspecified atom stereocenters. The third-order valence-electron chi connectivity index (χ3n) is 3.15. The summed E-state index contributed by atoms with van der Waals surface area (Å²) in [6.07, 6.45) is 2.71. The van der Waals surface area contributed by atoms with E-state index < -0.39 is 6.04 Å². The summed E-state index contributed by atoms with van der Waals surface area (Å²) in [5.41, 5.74) is 1.42. The minimum Gasteiger partial charge on any atom is -0.508 e. The molecule has 7 heteroatoms. The van der Waals surface area contributed by atoms with Gasteiger partial charge in [0.25, 0.3) is 0 Å². The van der Waals surface area contributed by atoms with Crippen molar-refractivity contribution in [2.75, 3.05) is 14.1 Å². The summed E-state index contributed by atoms with van der Waals surface area (Å²) in [7, 11) is 3.01. The molecule has 1 rings (SSSR count). The van der Waals surface area contributed by atoms with Gasteiger partial charge in [0.2, 0.25) is 12.3 Å². The number of carbonyl (C=O) groups excluding carboxylic acids is 4. The van der Waals surface area contributed by atoms with E-state index in [1.807, 2.05) is 0 Å². The number of hydrogen-bond acceptors (Lipinski definition) is 5. The van der Waals surface area contributed by atoms with E-state index in [0.717, 1.165) is 18.1 Å². The highest BCUT2D eigenvalue weighted by Crippen LogP contribution is 2.13. The fourth-order valence-corrected chi connectivity index (χ4v) is 1.78. The van der Waals surface area contributed by atoms with Crippen LogP contribution < -0.4 is 5.32 Å². The molecule has 23 heavy (non-hydrogen) atoms. The lowest BCUT2D eigenvalue weighted by Crippen LogP contribution is -2.43. The fraction of sp³-hybridized carbons (Fsp3) is 0.375. The van der Waals surface area contributed by atoms with Gasteiger partial charge in [0, 0.05) is 26.1 Å². The molecule has 0 aliphatic carbocycles. The lowest BCUT2D eigenvalue weighted by atomic mass is 10.1. The minimum atomic E-state index is -0.548. The number of amides is 2. The van der Waals surface area contributed by atoms with E-state index in [9.17, 15) is 19.2 Å². The second-order valence-electron chi connectivity index (χ2n) is 4.80. The molecule has 2 N–H and O–H groups in total. The molecule has 1 aromatic carbocycles. The summed E-state index contributed by atoms with van der Waals surface area (Å²) in [5, 5.41) is 11.4. The highest BCUT2D eigenvalue weighted by Gasteiger charge is 2.20. The monoisotopic (exact) mass is 322 g/mol. The quantitative estimate of drug-likeness (QED) is 0.719. The van der Waals surface area contributed by atoms with Crippen molar-refractivity contribution in [3.8, 4) is 5.75 Å². The highest BCUT2D eigenvalue weighted by molar-refractivity contribution is 5.83. The van der Waals surface area contributed by atoms with Crippen LogP contribution in [0.5, 0.6) is 5.75 Å². The summed E-state index contributed by atoms with van der Waals surface area (Å²) in [6, 6.07) is 4.10. The predicted molar refractivity (Wildman–Crippen MR) is 85.2 cm³/mol. The first kappa shape index (κ1) is 20.3. The first-order chi connectivity index (χ1) is 10.9. The van der Waals surface area contributed by atoms with Gasteiger partial charge in [0.05, 0.1) is 0 Å². The van der Waals surface area contributed by atoms with Crippen LogP contribution in [-0.4, -0.2) is 55.0 Å². The third-order valence-corrected chi connectivity index (χ3v) is 3.15. The van der Waals surface area contributed by atoms with E-state index in [1.165, 1.54) is 25.1 Å². The molecule has 0 heterocycles. The lowest BCUT2D eigenvalue weighted by Gasteiger charge is -2.21. The average molecular weight is 322 g/mol. The van der Waals surface area contributed by atoms with Gasteiger partial charge in [0.15, 0.2) is 0 Å². The van der Waals surface area contributed by atoms with Crippen LogP contribution in [0.3, 0.4) is 0 Å². The van der Waals surface area contributed by atoms with Crippen molar-refractivity contribution in [2.45, 2.75) is 25.8 Å². The Morgan fingerprint density at radius 2 is 2.00 bits per heavy atom. The number of likely N-dealkylation sites (N-methyl/N-ethyl adjacent to an activating group) is 2. The van der Waals surface area contributed by atoms with Crippen LogP contribution in [0.2, 0.25) is 0 Å². The number of phenolic OH excluding ortho intramolecular Hbond substituents is 1. The molecule has 2 amide bonds. The second kappa shape index (κ2) is 10.9. The summed E-state index contributed by atoms with van der Waals surface area (Å²) < 4.78 is 0. The van der Waals surface area contributed by atoms with Crippen molar-refractivity contribution in [3.63, 3.8) is 0 Å². The summed E-state index contributed by atoms with van der Waals surface area (Å²) in [5.74, 6) is -0.0560. The number of nitrogens with one attached hydrogen (secondary N) is 1. The Hall–Kier alpha value is -2.70. The first-order valence-electron chi connectivity index (χ1n) is 6.98. The Kier molecular flexibility index (Phi) is 9.66. The minimum absolute atomic E-state index is 0.197. The molecule has 0 aliphatic heterocycles. The molecule has 0 saturated carbocycles. The van der Waals surface area contributed by atoms with E-state index in [2.05, 4.69) is 5.32 Å². The number of hydrogen-bond donors (Lipinski definition) is 2. The Labute approximate surface area is 135 Å². The Morgan fingerprint density at radius 3 is 2.43 bits per heavy atom. The standard InChI is InChI=1S/C8H14N2O3.C8H8O2/c1-9-8(13)7(4-3-5-11)10(2)6-12;1-6-4-8(10)3-2-7(6)5-9/h5-7H,3-4H2,1-2H3,(H,9,13);2-5,10H,1H3. The predicted octanol–water partition coefficient (Wildman–Crippen LogP) is 0.681. The van der Waals surface area contributed by atoms with Gasteiger partial charge in [-0.05, 0) is 37.1 Å². The van der Waals surface area contributed by atoms with Crippen molar-refractivity contribution < 1.29 is 24.3 Å². The number of benzene rings is 1. The van der Waals surface area contributed by atoms with Crippen LogP contribution in [-0.2, 0) is 14.4 Å². The van der Waals surface area contributed by atoms with Gasteiger partial charge < -0.3 is 20.1 Å². The molecule has 0 radical (unpaired) electrons. The molecule has 0 saturated heterocycles. The Balaban J connectivity index is 0.000000433. The van der Waals surface area contributed by atoms with Crippen LogP contribution in [0.25, 0.3) is 0 Å². The summed E-state index contributed by atoms with van der Waals surface area (Å²) in [4.78, 5) is 43.2. The van der Waals surface area contributed by atoms with Gasteiger partial charge >= 0.3 is 0 Å². The Morgan fingerprint density at radius 1 is 1.35 bits per heavy atom. The van der Waals surface area contributed by atoms with Crippen LogP contribution in [0.15, 0.2) is 18.2 Å². The normalized spacial score (nSPS) is 10.6. The lowest BCUT2D eigenvalue weighted by molar-refractivity contribution is -0.131. The summed E-state index contributed by atoms with van der Waals surface area (Å²) in [6.45, 7) is 1.78. The maximum absolute atomic E-state index is 11.2. The van der Waals surface area contributed by atoms with Gasteiger partial charge in [-0.2, -0.15) is 0 Å². The number of rotatable bonds is 7. The van der Waals surface area contributed by atoms with E-state index in [1.54, 1.807) is 19.1 Å². The van der Waals surface area contributed by atoms with Gasteiger partial charge in [-0.25, -0.2) is 0 Å². The maximum Gasteiger partial charge on any atom is 0.242 e. The maximum atomic E-state index is 11.2. The number of nitrogens with zero attached hydrogens (tertiary/aromatic N) is 1. The molecule has 0 aromatic heterocycles. The first-order valence-corrected chi connectivity index (χ1v) is 6.98. The van der Waals surface area contributed by atoms with Crippen LogP contribution in [0, 0.1) is 6.92 Å². The molecule has 1 atom stereocenters. The van der Waals surface area contributed by atoms with Gasteiger partial charge in [-0.3, -0.25) is 14.4 Å². The van der Waals surface area contributed by atoms with Crippen molar-refractivity contribution in [3.05, 3.63) is 29.3 Å². The zero-order valence-electron chi connectivity index (χ0n) is 13.5. The number of phenols is 1. The molecular weight excluding hydrogens is 300 g/mol. The smallest absolute Gasteiger partial charge is 0.242 e. The van der Waals surface area contributed by atoms with E-state index in [-0.39, 0.29) is 18.1 Å². The van der Waals surface area contributed by atoms with Crippen molar-refractivity contribution in [2.24, 2.45) is 0 Å². The number of aryl methyl sites for hydroxylation is 1. The van der Waals surface area contributed by atoms with Crippen LogP contribution in [0.4, 0.5) is 0 Å². The van der Waals surface area contributed by atoms with Crippen LogP contribution in [0.1, 0.15) is 28.8 Å². The van der Waals surface area contributed by atoms with Gasteiger partial charge in [0.1, 0.15) is 24.4 Å². The topological polar surface area (TPSA) is 104 Å². The molecule has 0 fully saturated rings. The second-order valence-corrected chi connectivity index (χ2v) is 4.80. The van der Waals surface area contributed by atoms with Gasteiger partial charge in [-0.15, -0.1) is 0 Å². The average Bonchev–Trinajstić information content (AvgIpc) is 2.55. The zero-order valence-corrected chi connectivity index (χ0v) is 13.5. The van der Waals surface area contributed by atoms with Crippen molar-refractivity contribution >= 4 is 24.9 Å². The number of aromatic hydroxyl groups is 1. The zero-order chi connectivity index (χ0) is 17.8. The molecular formula is C16H22N2O5. The molecule has 0 aliphatic rings. The SMILES string of the molecule is CNC(=O)C(CCC=O)N(C)C=O.Cc1cc(O)ccc1C=O. The fourth-order valence-electron chi connectivity index (χ4n) is 1.78. The molecule has 1 aromatic rings. The van der Waals surface area contributed by atoms with E-state index in [0.29, 0.717) is 18.4 Å². The molecule has 126 valence electrons. The third kappa shape index (κ3) is 7.21. The van der Waals surface area contributed by atoms with Crippen molar-refractivity contribution in [1.29, 1.82) is 0 Å². The van der Waals surface area contributed by atoms with E-state index >= 15 is 0 Å². The van der Waals surface area contributed by atoms with Gasteiger partial charge in [-0.1, -0.05) is 0 Å². The molecule has 0 bridgehead atoms. The molecule has 7 nitrogen and oxygen atoms in total. The van der Waals surface area contributed by atoms with E-state index in [4.69, 9.17) is 5.11 Å². The largest absolute Gasteiger partial charge is 0.508 e. The van der Waals surface area contributed by atoms with Crippen molar-refractivity contribution in [1.82, 2.24) is 10.2 Å². The number of carbonyl (C=O) groups is 4. The van der Waals surface area contributed by atoms with Crippen LogP contribution >= 0.6 is 0 Å². The molecule has 0 spiro atoms.